The van der Waals surface area contributed by atoms with Gasteiger partial charge in [0.15, 0.2) is 0 Å². The minimum Gasteiger partial charge on any atom is -0.397 e. The second-order valence-corrected chi connectivity index (χ2v) is 5.07. The van der Waals surface area contributed by atoms with Crippen molar-refractivity contribution in [3.05, 3.63) is 59.2 Å². The second kappa shape index (κ2) is 6.24. The number of carbonyl (C=O) groups is 1. The van der Waals surface area contributed by atoms with Crippen LogP contribution in [0.4, 0.5) is 11.4 Å². The number of hydrogen-bond donors (Lipinski definition) is 2. The molecule has 0 aromatic heterocycles. The second-order valence-electron chi connectivity index (χ2n) is 5.07. The SMILES string of the molecule is Cc1ccc(NC(=O)CCc2ccccc2C)c(N)c1. The van der Waals surface area contributed by atoms with Crippen LogP contribution in [0.2, 0.25) is 0 Å². The highest BCUT2D eigenvalue weighted by Crippen LogP contribution is 2.20. The summed E-state index contributed by atoms with van der Waals surface area (Å²) in [5.74, 6) is -0.0104. The van der Waals surface area contributed by atoms with Crippen molar-refractivity contribution in [2.45, 2.75) is 26.7 Å². The molecule has 2 aromatic carbocycles. The Kier molecular flexibility index (Phi) is 4.41. The Morgan fingerprint density at radius 1 is 1.15 bits per heavy atom. The van der Waals surface area contributed by atoms with E-state index in [1.165, 1.54) is 11.1 Å². The maximum atomic E-state index is 12.0. The largest absolute Gasteiger partial charge is 0.397 e. The molecule has 0 bridgehead atoms. The van der Waals surface area contributed by atoms with Crippen molar-refractivity contribution >= 4 is 17.3 Å². The molecule has 0 saturated heterocycles. The summed E-state index contributed by atoms with van der Waals surface area (Å²) in [5.41, 5.74) is 10.7. The maximum Gasteiger partial charge on any atom is 0.224 e. The molecule has 3 N–H and O–H groups in total. The van der Waals surface area contributed by atoms with Crippen molar-refractivity contribution in [2.24, 2.45) is 0 Å². The lowest BCUT2D eigenvalue weighted by molar-refractivity contribution is -0.116. The van der Waals surface area contributed by atoms with Gasteiger partial charge in [-0.25, -0.2) is 0 Å². The van der Waals surface area contributed by atoms with Crippen LogP contribution in [-0.4, -0.2) is 5.91 Å². The van der Waals surface area contributed by atoms with E-state index in [4.69, 9.17) is 5.73 Å². The van der Waals surface area contributed by atoms with Gasteiger partial charge in [-0.15, -0.1) is 0 Å². The molecule has 0 aliphatic heterocycles. The average Bonchev–Trinajstić information content (AvgIpc) is 2.41. The van der Waals surface area contributed by atoms with Gasteiger partial charge in [-0.2, -0.15) is 0 Å². The zero-order valence-electron chi connectivity index (χ0n) is 11.9. The number of nitrogens with one attached hydrogen (secondary N) is 1. The summed E-state index contributed by atoms with van der Waals surface area (Å²) in [7, 11) is 0. The molecule has 0 spiro atoms. The monoisotopic (exact) mass is 268 g/mol. The number of rotatable bonds is 4. The lowest BCUT2D eigenvalue weighted by atomic mass is 10.0. The highest BCUT2D eigenvalue weighted by molar-refractivity contribution is 5.94. The lowest BCUT2D eigenvalue weighted by Crippen LogP contribution is -2.13. The van der Waals surface area contributed by atoms with Crippen molar-refractivity contribution in [3.63, 3.8) is 0 Å². The van der Waals surface area contributed by atoms with E-state index in [9.17, 15) is 4.79 Å². The Labute approximate surface area is 119 Å². The van der Waals surface area contributed by atoms with E-state index in [1.54, 1.807) is 0 Å². The first-order valence-electron chi connectivity index (χ1n) is 6.77. The van der Waals surface area contributed by atoms with E-state index < -0.39 is 0 Å². The Balaban J connectivity index is 1.94. The molecule has 0 saturated carbocycles. The van der Waals surface area contributed by atoms with Gasteiger partial charge in [0.25, 0.3) is 0 Å². The third kappa shape index (κ3) is 3.60. The predicted molar refractivity (Wildman–Crippen MR) is 83.7 cm³/mol. The summed E-state index contributed by atoms with van der Waals surface area (Å²) >= 11 is 0. The van der Waals surface area contributed by atoms with Gasteiger partial charge < -0.3 is 11.1 Å². The highest BCUT2D eigenvalue weighted by Gasteiger charge is 2.06. The van der Waals surface area contributed by atoms with E-state index in [2.05, 4.69) is 24.4 Å². The normalized spacial score (nSPS) is 10.3. The molecule has 0 unspecified atom stereocenters. The van der Waals surface area contributed by atoms with Crippen molar-refractivity contribution in [1.82, 2.24) is 0 Å². The van der Waals surface area contributed by atoms with Crippen LogP contribution in [0, 0.1) is 13.8 Å². The molecular formula is C17H20N2O. The third-order valence-corrected chi connectivity index (χ3v) is 3.36. The van der Waals surface area contributed by atoms with Crippen LogP contribution >= 0.6 is 0 Å². The fourth-order valence-electron chi connectivity index (χ4n) is 2.15. The van der Waals surface area contributed by atoms with Gasteiger partial charge >= 0.3 is 0 Å². The number of nitrogens with two attached hydrogens (primary N) is 1. The van der Waals surface area contributed by atoms with Gasteiger partial charge in [-0.3, -0.25) is 4.79 Å². The summed E-state index contributed by atoms with van der Waals surface area (Å²) in [6, 6.07) is 13.8. The number of amides is 1. The summed E-state index contributed by atoms with van der Waals surface area (Å²) in [5, 5.41) is 2.86. The first-order chi connectivity index (χ1) is 9.56. The number of benzene rings is 2. The molecule has 0 fully saturated rings. The van der Waals surface area contributed by atoms with Crippen LogP contribution in [0.15, 0.2) is 42.5 Å². The van der Waals surface area contributed by atoms with Crippen LogP contribution in [0.1, 0.15) is 23.1 Å². The Morgan fingerprint density at radius 3 is 2.60 bits per heavy atom. The van der Waals surface area contributed by atoms with Crippen molar-refractivity contribution in [3.8, 4) is 0 Å². The molecule has 0 heterocycles. The first kappa shape index (κ1) is 14.1. The van der Waals surface area contributed by atoms with Gasteiger partial charge in [0, 0.05) is 6.42 Å². The number of aryl methyl sites for hydroxylation is 3. The molecule has 3 heteroatoms. The van der Waals surface area contributed by atoms with Gasteiger partial charge in [0.1, 0.15) is 0 Å². The van der Waals surface area contributed by atoms with Gasteiger partial charge in [-0.05, 0) is 49.1 Å². The maximum absolute atomic E-state index is 12.0. The minimum absolute atomic E-state index is 0.0104. The summed E-state index contributed by atoms with van der Waals surface area (Å²) in [6.07, 6.45) is 1.20. The summed E-state index contributed by atoms with van der Waals surface area (Å²) < 4.78 is 0. The lowest BCUT2D eigenvalue weighted by Gasteiger charge is -2.09. The van der Waals surface area contributed by atoms with Gasteiger partial charge in [-0.1, -0.05) is 30.3 Å². The molecule has 3 nitrogen and oxygen atoms in total. The Bertz CT molecular complexity index is 620. The van der Waals surface area contributed by atoms with E-state index in [-0.39, 0.29) is 5.91 Å². The standard InChI is InChI=1S/C17H20N2O/c1-12-7-9-16(15(18)11-12)19-17(20)10-8-14-6-4-3-5-13(14)2/h3-7,9,11H,8,10,18H2,1-2H3,(H,19,20). The molecule has 20 heavy (non-hydrogen) atoms. The number of hydrogen-bond acceptors (Lipinski definition) is 2. The quantitative estimate of drug-likeness (QED) is 0.834. The molecule has 2 rings (SSSR count). The van der Waals surface area contributed by atoms with E-state index in [0.717, 1.165) is 12.0 Å². The van der Waals surface area contributed by atoms with Crippen LogP contribution in [0.25, 0.3) is 0 Å². The fraction of sp³-hybridized carbons (Fsp3) is 0.235. The minimum atomic E-state index is -0.0104. The van der Waals surface area contributed by atoms with Crippen LogP contribution in [0.5, 0.6) is 0 Å². The molecule has 0 radical (unpaired) electrons. The van der Waals surface area contributed by atoms with Crippen LogP contribution in [0.3, 0.4) is 0 Å². The third-order valence-electron chi connectivity index (χ3n) is 3.36. The summed E-state index contributed by atoms with van der Waals surface area (Å²) in [4.78, 5) is 12.0. The van der Waals surface area contributed by atoms with Gasteiger partial charge in [0.2, 0.25) is 5.91 Å². The molecule has 0 aliphatic carbocycles. The average molecular weight is 268 g/mol. The number of anilines is 2. The molecular weight excluding hydrogens is 248 g/mol. The van der Waals surface area contributed by atoms with E-state index >= 15 is 0 Å². The number of nitrogen functional groups attached to an aromatic ring is 1. The van der Waals surface area contributed by atoms with Crippen LogP contribution in [-0.2, 0) is 11.2 Å². The molecule has 2 aromatic rings. The smallest absolute Gasteiger partial charge is 0.224 e. The molecule has 104 valence electrons. The van der Waals surface area contributed by atoms with Crippen molar-refractivity contribution < 1.29 is 4.79 Å². The fourth-order valence-corrected chi connectivity index (χ4v) is 2.15. The van der Waals surface area contributed by atoms with Crippen molar-refractivity contribution in [2.75, 3.05) is 11.1 Å². The van der Waals surface area contributed by atoms with Crippen LogP contribution < -0.4 is 11.1 Å². The van der Waals surface area contributed by atoms with Gasteiger partial charge in [0.05, 0.1) is 11.4 Å². The zero-order chi connectivity index (χ0) is 14.5. The zero-order valence-corrected chi connectivity index (χ0v) is 11.9. The van der Waals surface area contributed by atoms with E-state index in [1.807, 2.05) is 37.3 Å². The predicted octanol–water partition coefficient (Wildman–Crippen LogP) is 3.46. The number of carbonyl (C=O) groups excluding carboxylic acids is 1. The highest BCUT2D eigenvalue weighted by atomic mass is 16.1. The Hall–Kier alpha value is -2.29. The molecule has 1 amide bonds. The van der Waals surface area contributed by atoms with E-state index in [0.29, 0.717) is 17.8 Å². The summed E-state index contributed by atoms with van der Waals surface area (Å²) in [6.45, 7) is 4.03. The topological polar surface area (TPSA) is 55.1 Å². The Morgan fingerprint density at radius 2 is 1.90 bits per heavy atom. The molecule has 0 atom stereocenters. The first-order valence-corrected chi connectivity index (χ1v) is 6.77. The van der Waals surface area contributed by atoms with Crippen molar-refractivity contribution in [1.29, 1.82) is 0 Å². The molecule has 0 aliphatic rings.